The van der Waals surface area contributed by atoms with Crippen molar-refractivity contribution in [3.8, 4) is 5.75 Å². The molecule has 0 heterocycles. The average Bonchev–Trinajstić information content (AvgIpc) is 2.32. The monoisotopic (exact) mass is 253 g/mol. The van der Waals surface area contributed by atoms with Gasteiger partial charge in [-0.3, -0.25) is 0 Å². The van der Waals surface area contributed by atoms with Gasteiger partial charge in [0, 0.05) is 6.54 Å². The van der Waals surface area contributed by atoms with Gasteiger partial charge in [-0.1, -0.05) is 37.2 Å². The zero-order valence-electron chi connectivity index (χ0n) is 10.5. The van der Waals surface area contributed by atoms with Gasteiger partial charge < -0.3 is 10.1 Å². The molecule has 1 unspecified atom stereocenters. The second-order valence-corrected chi connectivity index (χ2v) is 4.41. The molecule has 94 valence electrons. The number of halogens is 1. The molecule has 0 saturated heterocycles. The lowest BCUT2D eigenvalue weighted by Gasteiger charge is -2.13. The summed E-state index contributed by atoms with van der Waals surface area (Å²) < 4.78 is 5.60. The van der Waals surface area contributed by atoms with Crippen LogP contribution < -0.4 is 10.1 Å². The van der Waals surface area contributed by atoms with E-state index < -0.39 is 0 Å². The molecule has 0 aliphatic heterocycles. The quantitative estimate of drug-likeness (QED) is 0.590. The summed E-state index contributed by atoms with van der Waals surface area (Å²) in [6, 6.07) is 5.88. The first-order chi connectivity index (χ1) is 8.17. The molecule has 0 aliphatic carbocycles. The standard InChI is InChI=1S/C14H20ClNO/c1-4-8-16-10-12-6-7-14(13(15)9-12)17-11(3)5-2/h5-7,9,11,16H,2,4,8,10H2,1,3H3. The van der Waals surface area contributed by atoms with Gasteiger partial charge >= 0.3 is 0 Å². The number of rotatable bonds is 7. The summed E-state index contributed by atoms with van der Waals surface area (Å²) in [6.45, 7) is 9.61. The molecule has 2 nitrogen and oxygen atoms in total. The van der Waals surface area contributed by atoms with Gasteiger partial charge in [0.15, 0.2) is 0 Å². The molecule has 1 rings (SSSR count). The van der Waals surface area contributed by atoms with E-state index in [0.29, 0.717) is 10.8 Å². The van der Waals surface area contributed by atoms with Crippen molar-refractivity contribution in [3.63, 3.8) is 0 Å². The first-order valence-corrected chi connectivity index (χ1v) is 6.33. The highest BCUT2D eigenvalue weighted by atomic mass is 35.5. The molecule has 1 aromatic rings. The van der Waals surface area contributed by atoms with Crippen LogP contribution in [0.5, 0.6) is 5.75 Å². The van der Waals surface area contributed by atoms with Gasteiger partial charge in [-0.15, -0.1) is 0 Å². The minimum absolute atomic E-state index is 0.0310. The van der Waals surface area contributed by atoms with Crippen LogP contribution in [0.15, 0.2) is 30.9 Å². The lowest BCUT2D eigenvalue weighted by atomic mass is 10.2. The van der Waals surface area contributed by atoms with Gasteiger partial charge in [0.2, 0.25) is 0 Å². The summed E-state index contributed by atoms with van der Waals surface area (Å²) in [4.78, 5) is 0. The normalized spacial score (nSPS) is 12.2. The Bertz CT molecular complexity index is 365. The maximum Gasteiger partial charge on any atom is 0.138 e. The van der Waals surface area contributed by atoms with Crippen molar-refractivity contribution in [3.05, 3.63) is 41.4 Å². The molecule has 1 N–H and O–H groups in total. The van der Waals surface area contributed by atoms with E-state index in [1.54, 1.807) is 6.08 Å². The first kappa shape index (κ1) is 14.1. The van der Waals surface area contributed by atoms with Gasteiger partial charge in [0.25, 0.3) is 0 Å². The number of hydrogen-bond donors (Lipinski definition) is 1. The smallest absolute Gasteiger partial charge is 0.138 e. The van der Waals surface area contributed by atoms with Crippen LogP contribution in [0.4, 0.5) is 0 Å². The molecule has 1 aromatic carbocycles. The number of nitrogens with one attached hydrogen (secondary N) is 1. The van der Waals surface area contributed by atoms with Gasteiger partial charge in [-0.2, -0.15) is 0 Å². The number of hydrogen-bond acceptors (Lipinski definition) is 2. The Kier molecular flexibility index (Phi) is 6.09. The van der Waals surface area contributed by atoms with E-state index in [9.17, 15) is 0 Å². The van der Waals surface area contributed by atoms with Crippen LogP contribution in [-0.4, -0.2) is 12.6 Å². The van der Waals surface area contributed by atoms with E-state index in [-0.39, 0.29) is 6.10 Å². The fourth-order valence-electron chi connectivity index (χ4n) is 1.41. The molecule has 0 aliphatic rings. The van der Waals surface area contributed by atoms with Crippen molar-refractivity contribution in [2.75, 3.05) is 6.54 Å². The minimum Gasteiger partial charge on any atom is -0.485 e. The van der Waals surface area contributed by atoms with Gasteiger partial charge in [-0.25, -0.2) is 0 Å². The van der Waals surface area contributed by atoms with Crippen molar-refractivity contribution in [1.29, 1.82) is 0 Å². The molecule has 0 saturated carbocycles. The first-order valence-electron chi connectivity index (χ1n) is 5.95. The van der Waals surface area contributed by atoms with Crippen LogP contribution in [0.2, 0.25) is 5.02 Å². The van der Waals surface area contributed by atoms with E-state index in [1.165, 1.54) is 5.56 Å². The van der Waals surface area contributed by atoms with Crippen LogP contribution in [0.25, 0.3) is 0 Å². The molecule has 3 heteroatoms. The van der Waals surface area contributed by atoms with Gasteiger partial charge in [0.1, 0.15) is 11.9 Å². The number of ether oxygens (including phenoxy) is 1. The minimum atomic E-state index is -0.0310. The molecule has 0 aromatic heterocycles. The fraction of sp³-hybridized carbons (Fsp3) is 0.429. The van der Waals surface area contributed by atoms with Crippen molar-refractivity contribution < 1.29 is 4.74 Å². The second kappa shape index (κ2) is 7.36. The van der Waals surface area contributed by atoms with E-state index in [1.807, 2.05) is 25.1 Å². The van der Waals surface area contributed by atoms with Crippen molar-refractivity contribution in [1.82, 2.24) is 5.32 Å². The number of benzene rings is 1. The molecule has 17 heavy (non-hydrogen) atoms. The van der Waals surface area contributed by atoms with Crippen LogP contribution in [0.1, 0.15) is 25.8 Å². The van der Waals surface area contributed by atoms with Crippen LogP contribution in [0, 0.1) is 0 Å². The largest absolute Gasteiger partial charge is 0.485 e. The third kappa shape index (κ3) is 4.80. The lowest BCUT2D eigenvalue weighted by Crippen LogP contribution is -2.14. The van der Waals surface area contributed by atoms with Crippen molar-refractivity contribution in [2.45, 2.75) is 32.9 Å². The summed E-state index contributed by atoms with van der Waals surface area (Å²) in [6.07, 6.45) is 2.84. The summed E-state index contributed by atoms with van der Waals surface area (Å²) in [5.41, 5.74) is 1.17. The van der Waals surface area contributed by atoms with E-state index in [2.05, 4.69) is 18.8 Å². The molecular formula is C14H20ClNO. The lowest BCUT2D eigenvalue weighted by molar-refractivity contribution is 0.270. The summed E-state index contributed by atoms with van der Waals surface area (Å²) in [7, 11) is 0. The van der Waals surface area contributed by atoms with Crippen LogP contribution in [0.3, 0.4) is 0 Å². The Hall–Kier alpha value is -0.990. The Labute approximate surface area is 109 Å². The molecule has 0 spiro atoms. The van der Waals surface area contributed by atoms with E-state index in [0.717, 1.165) is 19.5 Å². The van der Waals surface area contributed by atoms with Crippen LogP contribution >= 0.6 is 11.6 Å². The SMILES string of the molecule is C=CC(C)Oc1ccc(CNCCC)cc1Cl. The molecule has 0 amide bonds. The molecular weight excluding hydrogens is 234 g/mol. The fourth-order valence-corrected chi connectivity index (χ4v) is 1.66. The highest BCUT2D eigenvalue weighted by Crippen LogP contribution is 2.26. The predicted molar refractivity (Wildman–Crippen MR) is 73.7 cm³/mol. The topological polar surface area (TPSA) is 21.3 Å². The van der Waals surface area contributed by atoms with Crippen LogP contribution in [-0.2, 0) is 6.54 Å². The highest BCUT2D eigenvalue weighted by molar-refractivity contribution is 6.32. The van der Waals surface area contributed by atoms with E-state index in [4.69, 9.17) is 16.3 Å². The predicted octanol–water partition coefficient (Wildman–Crippen LogP) is 3.79. The van der Waals surface area contributed by atoms with Gasteiger partial charge in [-0.05, 0) is 37.6 Å². The van der Waals surface area contributed by atoms with Gasteiger partial charge in [0.05, 0.1) is 5.02 Å². The second-order valence-electron chi connectivity index (χ2n) is 4.00. The van der Waals surface area contributed by atoms with Crippen molar-refractivity contribution >= 4 is 11.6 Å². The Balaban J connectivity index is 2.62. The molecule has 1 atom stereocenters. The van der Waals surface area contributed by atoms with Crippen molar-refractivity contribution in [2.24, 2.45) is 0 Å². The molecule has 0 bridgehead atoms. The Morgan fingerprint density at radius 1 is 1.53 bits per heavy atom. The zero-order chi connectivity index (χ0) is 12.7. The Morgan fingerprint density at radius 3 is 2.88 bits per heavy atom. The highest BCUT2D eigenvalue weighted by Gasteiger charge is 2.05. The third-order valence-corrected chi connectivity index (χ3v) is 2.69. The molecule has 0 radical (unpaired) electrons. The maximum atomic E-state index is 6.16. The maximum absolute atomic E-state index is 6.16. The summed E-state index contributed by atoms with van der Waals surface area (Å²) in [5.74, 6) is 0.707. The average molecular weight is 254 g/mol. The zero-order valence-corrected chi connectivity index (χ0v) is 11.3. The summed E-state index contributed by atoms with van der Waals surface area (Å²) >= 11 is 6.16. The Morgan fingerprint density at radius 2 is 2.29 bits per heavy atom. The third-order valence-electron chi connectivity index (χ3n) is 2.40. The molecule has 0 fully saturated rings. The van der Waals surface area contributed by atoms with E-state index >= 15 is 0 Å². The summed E-state index contributed by atoms with van der Waals surface area (Å²) in [5, 5.41) is 3.98.